The molecule has 0 radical (unpaired) electrons. The fraction of sp³-hybridized carbons (Fsp3) is 0.350. The summed E-state index contributed by atoms with van der Waals surface area (Å²) in [6.07, 6.45) is -7.06. The predicted molar refractivity (Wildman–Crippen MR) is 99.4 cm³/mol. The van der Waals surface area contributed by atoms with Crippen molar-refractivity contribution >= 4 is 5.97 Å². The number of hydrogen-bond acceptors (Lipinski definition) is 8. The molecule has 2 aromatic rings. The number of carboxylic acids is 1. The highest BCUT2D eigenvalue weighted by Crippen LogP contribution is 2.37. The highest BCUT2D eigenvalue weighted by molar-refractivity contribution is 5.76. The molecular weight excluding hydrogens is 384 g/mol. The Balaban J connectivity index is 1.90. The molecule has 0 spiro atoms. The van der Waals surface area contributed by atoms with Crippen molar-refractivity contribution in [3.63, 3.8) is 0 Å². The third kappa shape index (κ3) is 4.66. The van der Waals surface area contributed by atoms with Crippen molar-refractivity contribution in [3.8, 4) is 22.6 Å². The van der Waals surface area contributed by atoms with E-state index < -0.39 is 49.9 Å². The van der Waals surface area contributed by atoms with Gasteiger partial charge >= 0.3 is 5.97 Å². The number of carboxylic acid groups (broad SMARTS) is 1. The van der Waals surface area contributed by atoms with Crippen LogP contribution in [0.15, 0.2) is 48.5 Å². The summed E-state index contributed by atoms with van der Waals surface area (Å²) in [5, 5.41) is 48.3. The normalized spacial score (nSPS) is 26.7. The van der Waals surface area contributed by atoms with E-state index in [-0.39, 0.29) is 5.75 Å². The third-order valence-corrected chi connectivity index (χ3v) is 4.51. The van der Waals surface area contributed by atoms with E-state index in [0.717, 1.165) is 0 Å². The molecule has 5 atom stereocenters. The maximum Gasteiger partial charge on any atom is 0.341 e. The molecule has 1 fully saturated rings. The predicted octanol–water partition coefficient (Wildman–Crippen LogP) is -0.00430. The molecule has 0 aromatic heterocycles. The van der Waals surface area contributed by atoms with Gasteiger partial charge in [0, 0.05) is 11.1 Å². The quantitative estimate of drug-likeness (QED) is 0.429. The first-order chi connectivity index (χ1) is 13.9. The van der Waals surface area contributed by atoms with Crippen LogP contribution in [-0.4, -0.2) is 75.4 Å². The molecular formula is C20H22O9. The molecule has 1 aliphatic rings. The van der Waals surface area contributed by atoms with Gasteiger partial charge in [0.15, 0.2) is 6.61 Å². The highest BCUT2D eigenvalue weighted by atomic mass is 16.7. The first-order valence-electron chi connectivity index (χ1n) is 8.92. The molecule has 0 saturated carbocycles. The zero-order valence-corrected chi connectivity index (χ0v) is 15.3. The molecule has 5 N–H and O–H groups in total. The second-order valence-corrected chi connectivity index (χ2v) is 6.49. The fourth-order valence-electron chi connectivity index (χ4n) is 3.04. The van der Waals surface area contributed by atoms with Crippen molar-refractivity contribution in [2.75, 3.05) is 13.2 Å². The number of carbonyl (C=O) groups is 1. The van der Waals surface area contributed by atoms with Crippen LogP contribution in [0.2, 0.25) is 0 Å². The minimum atomic E-state index is -1.57. The maximum absolute atomic E-state index is 10.8. The Bertz CT molecular complexity index is 838. The van der Waals surface area contributed by atoms with E-state index in [1.165, 1.54) is 0 Å². The van der Waals surface area contributed by atoms with Crippen molar-refractivity contribution < 1.29 is 44.5 Å². The average Bonchev–Trinajstić information content (AvgIpc) is 2.73. The van der Waals surface area contributed by atoms with Crippen LogP contribution in [0.4, 0.5) is 0 Å². The number of aliphatic hydroxyl groups is 4. The van der Waals surface area contributed by atoms with E-state index in [1.54, 1.807) is 48.5 Å². The van der Waals surface area contributed by atoms with Crippen molar-refractivity contribution in [3.05, 3.63) is 48.5 Å². The number of benzene rings is 2. The van der Waals surface area contributed by atoms with Crippen molar-refractivity contribution in [1.29, 1.82) is 0 Å². The first kappa shape index (κ1) is 21.0. The largest absolute Gasteiger partial charge is 0.481 e. The Labute approximate surface area is 166 Å². The Morgan fingerprint density at radius 2 is 1.48 bits per heavy atom. The Hall–Kier alpha value is -2.69. The summed E-state index contributed by atoms with van der Waals surface area (Å²) in [6, 6.07) is 13.5. The lowest BCUT2D eigenvalue weighted by Gasteiger charge is -2.39. The lowest BCUT2D eigenvalue weighted by molar-refractivity contribution is -0.277. The molecule has 0 amide bonds. The van der Waals surface area contributed by atoms with Crippen LogP contribution < -0.4 is 9.47 Å². The minimum absolute atomic E-state index is 0.267. The standard InChI is InChI=1S/C20H22O9/c21-9-15-17(24)18(25)19(26)20(29-15)28-14-8-4-2-6-12(14)11-5-1-3-7-13(11)27-10-16(22)23/h1-8,15,17-21,24-26H,9-10H2,(H,22,23)/t15-,17-,18+,19+,20+/m1/s1. The molecule has 2 aromatic carbocycles. The molecule has 0 aliphatic carbocycles. The number of hydrogen-bond donors (Lipinski definition) is 5. The van der Waals surface area contributed by atoms with E-state index >= 15 is 0 Å². The van der Waals surface area contributed by atoms with Gasteiger partial charge < -0.3 is 39.7 Å². The number of para-hydroxylation sites is 2. The van der Waals surface area contributed by atoms with Crippen LogP contribution in [0.5, 0.6) is 11.5 Å². The van der Waals surface area contributed by atoms with Gasteiger partial charge in [0.05, 0.1) is 6.61 Å². The van der Waals surface area contributed by atoms with Crippen molar-refractivity contribution in [2.24, 2.45) is 0 Å². The van der Waals surface area contributed by atoms with Gasteiger partial charge in [0.2, 0.25) is 6.29 Å². The molecule has 0 bridgehead atoms. The van der Waals surface area contributed by atoms with Gasteiger partial charge in [-0.15, -0.1) is 0 Å². The molecule has 1 aliphatic heterocycles. The van der Waals surface area contributed by atoms with Gasteiger partial charge in [0.25, 0.3) is 0 Å². The molecule has 9 heteroatoms. The fourth-order valence-corrected chi connectivity index (χ4v) is 3.04. The summed E-state index contributed by atoms with van der Waals surface area (Å²) < 4.78 is 16.5. The molecule has 1 saturated heterocycles. The summed E-state index contributed by atoms with van der Waals surface area (Å²) in [5.74, 6) is -0.534. The lowest BCUT2D eigenvalue weighted by atomic mass is 9.99. The van der Waals surface area contributed by atoms with Gasteiger partial charge in [0.1, 0.15) is 35.9 Å². The number of rotatable bonds is 7. The van der Waals surface area contributed by atoms with Gasteiger partial charge in [-0.3, -0.25) is 0 Å². The first-order valence-corrected chi connectivity index (χ1v) is 8.92. The maximum atomic E-state index is 10.8. The SMILES string of the molecule is O=C(O)COc1ccccc1-c1ccccc1O[C@H]1O[C@H](CO)[C@@H](O)[C@H](O)[C@@H]1O. The highest BCUT2D eigenvalue weighted by Gasteiger charge is 2.44. The van der Waals surface area contributed by atoms with E-state index in [2.05, 4.69) is 0 Å². The number of aliphatic carboxylic acids is 1. The molecule has 156 valence electrons. The third-order valence-electron chi connectivity index (χ3n) is 4.51. The number of aliphatic hydroxyl groups excluding tert-OH is 4. The van der Waals surface area contributed by atoms with Gasteiger partial charge in [-0.2, -0.15) is 0 Å². The van der Waals surface area contributed by atoms with Crippen LogP contribution in [0.1, 0.15) is 0 Å². The van der Waals surface area contributed by atoms with Crippen molar-refractivity contribution in [2.45, 2.75) is 30.7 Å². The monoisotopic (exact) mass is 406 g/mol. The van der Waals surface area contributed by atoms with E-state index in [1.807, 2.05) is 0 Å². The lowest BCUT2D eigenvalue weighted by Crippen LogP contribution is -2.60. The summed E-state index contributed by atoms with van der Waals surface area (Å²) in [4.78, 5) is 10.8. The molecule has 3 rings (SSSR count). The summed E-state index contributed by atoms with van der Waals surface area (Å²) in [5.41, 5.74) is 1.08. The Morgan fingerprint density at radius 1 is 0.897 bits per heavy atom. The number of ether oxygens (including phenoxy) is 3. The van der Waals surface area contributed by atoms with Crippen LogP contribution in [-0.2, 0) is 9.53 Å². The average molecular weight is 406 g/mol. The zero-order valence-electron chi connectivity index (χ0n) is 15.3. The van der Waals surface area contributed by atoms with Gasteiger partial charge in [-0.25, -0.2) is 4.79 Å². The van der Waals surface area contributed by atoms with Gasteiger partial charge in [-0.05, 0) is 12.1 Å². The summed E-state index contributed by atoms with van der Waals surface area (Å²) in [7, 11) is 0. The van der Waals surface area contributed by atoms with Crippen LogP contribution >= 0.6 is 0 Å². The smallest absolute Gasteiger partial charge is 0.341 e. The molecule has 0 unspecified atom stereocenters. The second kappa shape index (κ2) is 9.21. The van der Waals surface area contributed by atoms with Crippen molar-refractivity contribution in [1.82, 2.24) is 0 Å². The summed E-state index contributed by atoms with van der Waals surface area (Å²) >= 11 is 0. The minimum Gasteiger partial charge on any atom is -0.481 e. The van der Waals surface area contributed by atoms with E-state index in [4.69, 9.17) is 19.3 Å². The van der Waals surface area contributed by atoms with E-state index in [9.17, 15) is 25.2 Å². The van der Waals surface area contributed by atoms with Crippen LogP contribution in [0.25, 0.3) is 11.1 Å². The molecule has 9 nitrogen and oxygen atoms in total. The Morgan fingerprint density at radius 3 is 2.10 bits per heavy atom. The van der Waals surface area contributed by atoms with E-state index in [0.29, 0.717) is 16.9 Å². The summed E-state index contributed by atoms with van der Waals surface area (Å²) in [6.45, 7) is -1.09. The molecule has 1 heterocycles. The van der Waals surface area contributed by atoms with Crippen LogP contribution in [0.3, 0.4) is 0 Å². The van der Waals surface area contributed by atoms with Gasteiger partial charge in [-0.1, -0.05) is 36.4 Å². The topological polar surface area (TPSA) is 146 Å². The van der Waals surface area contributed by atoms with Crippen LogP contribution in [0, 0.1) is 0 Å². The Kier molecular flexibility index (Phi) is 6.68. The molecule has 29 heavy (non-hydrogen) atoms. The zero-order chi connectivity index (χ0) is 21.0. The second-order valence-electron chi connectivity index (χ2n) is 6.49.